The number of aliphatic carboxylic acids is 1. The molecule has 0 radical (unpaired) electrons. The van der Waals surface area contributed by atoms with E-state index in [0.29, 0.717) is 13.0 Å². The summed E-state index contributed by atoms with van der Waals surface area (Å²) in [4.78, 5) is 21.2. The number of nitrogens with zero attached hydrogens (tertiary/aromatic N) is 1. The molecule has 0 rings (SSSR count). The second kappa shape index (κ2) is 7.92. The molecule has 0 fully saturated rings. The highest BCUT2D eigenvalue weighted by Gasteiger charge is 2.03. The van der Waals surface area contributed by atoms with Gasteiger partial charge < -0.3 is 22.0 Å². The van der Waals surface area contributed by atoms with Gasteiger partial charge in [0.05, 0.1) is 5.75 Å². The maximum Gasteiger partial charge on any atom is 0.303 e. The predicted octanol–water partition coefficient (Wildman–Crippen LogP) is -1.11. The average Bonchev–Trinajstić information content (AvgIpc) is 2.20. The monoisotopic (exact) mass is 234 g/mol. The van der Waals surface area contributed by atoms with Crippen LogP contribution in [0.15, 0.2) is 5.10 Å². The maximum absolute atomic E-state index is 11.1. The molecule has 0 unspecified atom stereocenters. The van der Waals surface area contributed by atoms with Crippen LogP contribution in [0.3, 0.4) is 0 Å². The van der Waals surface area contributed by atoms with Gasteiger partial charge in [0.25, 0.3) is 0 Å². The Labute approximate surface area is 91.3 Å². The molecule has 0 heterocycles. The van der Waals surface area contributed by atoms with Gasteiger partial charge in [0.2, 0.25) is 5.91 Å². The lowest BCUT2D eigenvalue weighted by molar-refractivity contribution is -0.137. The van der Waals surface area contributed by atoms with Crippen LogP contribution in [0, 0.1) is 0 Å². The van der Waals surface area contributed by atoms with Gasteiger partial charge in [-0.15, -0.1) is 0 Å². The van der Waals surface area contributed by atoms with E-state index in [2.05, 4.69) is 10.4 Å². The number of nitrogens with two attached hydrogens (primary N) is 2. The summed E-state index contributed by atoms with van der Waals surface area (Å²) in [5, 5.41) is 14.2. The molecule has 86 valence electrons. The minimum Gasteiger partial charge on any atom is -0.481 e. The summed E-state index contributed by atoms with van der Waals surface area (Å²) in [6, 6.07) is 0. The standard InChI is InChI=1S/C7H14N4O3S/c8-7(11-9)15-4-5(12)10-3-1-2-6(13)14/h1-4,9H2,(H2,8,11)(H,10,12)(H,13,14). The van der Waals surface area contributed by atoms with Crippen molar-refractivity contribution < 1.29 is 14.7 Å². The lowest BCUT2D eigenvalue weighted by atomic mass is 10.3. The number of carbonyl (C=O) groups excluding carboxylic acids is 1. The highest BCUT2D eigenvalue weighted by Crippen LogP contribution is 1.97. The lowest BCUT2D eigenvalue weighted by Gasteiger charge is -2.02. The number of rotatable bonds is 6. The molecule has 0 atom stereocenters. The summed E-state index contributed by atoms with van der Waals surface area (Å²) < 4.78 is 0. The van der Waals surface area contributed by atoms with E-state index < -0.39 is 5.97 Å². The third kappa shape index (κ3) is 8.88. The van der Waals surface area contributed by atoms with Gasteiger partial charge in [-0.05, 0) is 6.42 Å². The van der Waals surface area contributed by atoms with Crippen molar-refractivity contribution in [1.29, 1.82) is 0 Å². The Bertz CT molecular complexity index is 257. The molecule has 0 aromatic carbocycles. The molecule has 8 heteroatoms. The summed E-state index contributed by atoms with van der Waals surface area (Å²) in [6.07, 6.45) is 0.450. The van der Waals surface area contributed by atoms with Gasteiger partial charge in [0, 0.05) is 13.0 Å². The topological polar surface area (TPSA) is 131 Å². The van der Waals surface area contributed by atoms with Crippen LogP contribution in [-0.4, -0.2) is 34.4 Å². The van der Waals surface area contributed by atoms with Crippen molar-refractivity contribution in [3.8, 4) is 0 Å². The third-order valence-corrected chi connectivity index (χ3v) is 2.18. The van der Waals surface area contributed by atoms with Crippen molar-refractivity contribution >= 4 is 28.8 Å². The van der Waals surface area contributed by atoms with Gasteiger partial charge in [-0.3, -0.25) is 9.59 Å². The van der Waals surface area contributed by atoms with E-state index in [4.69, 9.17) is 16.7 Å². The van der Waals surface area contributed by atoms with Crippen LogP contribution in [0.1, 0.15) is 12.8 Å². The van der Waals surface area contributed by atoms with Crippen molar-refractivity contribution in [2.75, 3.05) is 12.3 Å². The highest BCUT2D eigenvalue weighted by molar-refractivity contribution is 8.14. The molecule has 0 aliphatic heterocycles. The van der Waals surface area contributed by atoms with E-state index in [1.54, 1.807) is 0 Å². The zero-order chi connectivity index (χ0) is 11.7. The second-order valence-corrected chi connectivity index (χ2v) is 3.60. The number of carbonyl (C=O) groups is 2. The molecule has 0 bridgehead atoms. The van der Waals surface area contributed by atoms with Crippen LogP contribution in [0.2, 0.25) is 0 Å². The SMILES string of the molecule is NN=C(N)SCC(=O)NCCCC(=O)O. The molecule has 0 aromatic rings. The molecule has 15 heavy (non-hydrogen) atoms. The Balaban J connectivity index is 3.46. The molecular weight excluding hydrogens is 220 g/mol. The zero-order valence-electron chi connectivity index (χ0n) is 8.10. The molecule has 0 spiro atoms. The highest BCUT2D eigenvalue weighted by atomic mass is 32.2. The van der Waals surface area contributed by atoms with Crippen LogP contribution in [0.5, 0.6) is 0 Å². The Morgan fingerprint density at radius 1 is 1.47 bits per heavy atom. The predicted molar refractivity (Wildman–Crippen MR) is 58.1 cm³/mol. The Morgan fingerprint density at radius 3 is 2.67 bits per heavy atom. The van der Waals surface area contributed by atoms with E-state index in [1.165, 1.54) is 0 Å². The molecular formula is C7H14N4O3S. The Hall–Kier alpha value is -1.44. The number of amides is 1. The first kappa shape index (κ1) is 13.6. The minimum absolute atomic E-state index is 0.0415. The zero-order valence-corrected chi connectivity index (χ0v) is 8.92. The summed E-state index contributed by atoms with van der Waals surface area (Å²) in [7, 11) is 0. The summed E-state index contributed by atoms with van der Waals surface area (Å²) in [6.45, 7) is 0.339. The molecule has 0 aliphatic rings. The van der Waals surface area contributed by atoms with Crippen molar-refractivity contribution in [2.24, 2.45) is 16.7 Å². The second-order valence-electron chi connectivity index (χ2n) is 2.60. The van der Waals surface area contributed by atoms with E-state index >= 15 is 0 Å². The quantitative estimate of drug-likeness (QED) is 0.151. The molecule has 7 nitrogen and oxygen atoms in total. The van der Waals surface area contributed by atoms with E-state index in [9.17, 15) is 9.59 Å². The maximum atomic E-state index is 11.1. The number of hydrazone groups is 1. The fraction of sp³-hybridized carbons (Fsp3) is 0.571. The van der Waals surface area contributed by atoms with Gasteiger partial charge in [0.1, 0.15) is 0 Å². The average molecular weight is 234 g/mol. The third-order valence-electron chi connectivity index (χ3n) is 1.37. The van der Waals surface area contributed by atoms with Gasteiger partial charge in [-0.2, -0.15) is 5.10 Å². The molecule has 0 saturated carbocycles. The molecule has 0 aromatic heterocycles. The number of hydrogen-bond donors (Lipinski definition) is 4. The number of hydrogen-bond acceptors (Lipinski definition) is 5. The van der Waals surface area contributed by atoms with Crippen LogP contribution < -0.4 is 16.9 Å². The van der Waals surface area contributed by atoms with Crippen molar-refractivity contribution in [3.63, 3.8) is 0 Å². The lowest BCUT2D eigenvalue weighted by Crippen LogP contribution is -2.27. The number of thioether (sulfide) groups is 1. The Morgan fingerprint density at radius 2 is 2.13 bits per heavy atom. The summed E-state index contributed by atoms with van der Waals surface area (Å²) in [5.74, 6) is 3.88. The van der Waals surface area contributed by atoms with Crippen LogP contribution in [0.25, 0.3) is 0 Å². The van der Waals surface area contributed by atoms with E-state index in [0.717, 1.165) is 11.8 Å². The van der Waals surface area contributed by atoms with Gasteiger partial charge in [-0.1, -0.05) is 11.8 Å². The fourth-order valence-corrected chi connectivity index (χ4v) is 1.15. The van der Waals surface area contributed by atoms with Crippen molar-refractivity contribution in [1.82, 2.24) is 5.32 Å². The molecule has 6 N–H and O–H groups in total. The normalized spacial score (nSPS) is 11.1. The summed E-state index contributed by atoms with van der Waals surface area (Å²) in [5.41, 5.74) is 5.25. The van der Waals surface area contributed by atoms with Gasteiger partial charge in [-0.25, -0.2) is 0 Å². The van der Waals surface area contributed by atoms with E-state index in [1.807, 2.05) is 0 Å². The largest absolute Gasteiger partial charge is 0.481 e. The van der Waals surface area contributed by atoms with Gasteiger partial charge in [0.15, 0.2) is 5.17 Å². The van der Waals surface area contributed by atoms with Crippen molar-refractivity contribution in [3.05, 3.63) is 0 Å². The first-order valence-electron chi connectivity index (χ1n) is 4.21. The van der Waals surface area contributed by atoms with Crippen LogP contribution in [-0.2, 0) is 9.59 Å². The molecule has 0 aliphatic carbocycles. The molecule has 0 saturated heterocycles. The first-order chi connectivity index (χ1) is 7.06. The van der Waals surface area contributed by atoms with E-state index in [-0.39, 0.29) is 23.2 Å². The number of nitrogens with one attached hydrogen (secondary N) is 1. The van der Waals surface area contributed by atoms with Crippen molar-refractivity contribution in [2.45, 2.75) is 12.8 Å². The van der Waals surface area contributed by atoms with Crippen LogP contribution >= 0.6 is 11.8 Å². The first-order valence-corrected chi connectivity index (χ1v) is 5.19. The fourth-order valence-electron chi connectivity index (χ4n) is 0.695. The number of carboxylic acid groups (broad SMARTS) is 1. The molecule has 1 amide bonds. The summed E-state index contributed by atoms with van der Waals surface area (Å²) >= 11 is 1.02. The Kier molecular flexibility index (Phi) is 7.16. The number of carboxylic acids is 1. The smallest absolute Gasteiger partial charge is 0.303 e. The van der Waals surface area contributed by atoms with Crippen LogP contribution in [0.4, 0.5) is 0 Å². The number of amidine groups is 1. The van der Waals surface area contributed by atoms with Gasteiger partial charge >= 0.3 is 5.97 Å². The minimum atomic E-state index is -0.877.